The van der Waals surface area contributed by atoms with Crippen molar-refractivity contribution in [2.75, 3.05) is 19.6 Å². The molecule has 1 aromatic rings. The molecule has 1 heterocycles. The molecule has 0 radical (unpaired) electrons. The first-order valence-corrected chi connectivity index (χ1v) is 7.98. The summed E-state index contributed by atoms with van der Waals surface area (Å²) in [5, 5.41) is 3.39. The summed E-state index contributed by atoms with van der Waals surface area (Å²) in [6.45, 7) is 6.42. The molecule has 0 spiro atoms. The lowest BCUT2D eigenvalue weighted by Gasteiger charge is -2.33. The van der Waals surface area contributed by atoms with Gasteiger partial charge in [-0.05, 0) is 51.4 Å². The van der Waals surface area contributed by atoms with E-state index in [1.54, 1.807) is 12.1 Å². The molecule has 21 heavy (non-hydrogen) atoms. The first-order chi connectivity index (χ1) is 10.2. The third kappa shape index (κ3) is 5.36. The summed E-state index contributed by atoms with van der Waals surface area (Å²) in [6, 6.07) is 7.30. The quantitative estimate of drug-likeness (QED) is 0.766. The Morgan fingerprint density at radius 2 is 2.00 bits per heavy atom. The van der Waals surface area contributed by atoms with E-state index < -0.39 is 6.43 Å². The molecule has 118 valence electrons. The second-order valence-electron chi connectivity index (χ2n) is 5.95. The smallest absolute Gasteiger partial charge is 0.263 e. The highest BCUT2D eigenvalue weighted by molar-refractivity contribution is 5.23. The number of hydrogen-bond acceptors (Lipinski definition) is 2. The monoisotopic (exact) mass is 296 g/mol. The fraction of sp³-hybridized carbons (Fsp3) is 0.647. The Morgan fingerprint density at radius 1 is 1.24 bits per heavy atom. The Labute approximate surface area is 126 Å². The average Bonchev–Trinajstić information content (AvgIpc) is 2.49. The van der Waals surface area contributed by atoms with Gasteiger partial charge in [0, 0.05) is 18.2 Å². The lowest BCUT2D eigenvalue weighted by atomic mass is 10.0. The number of hydrogen-bond donors (Lipinski definition) is 1. The van der Waals surface area contributed by atoms with Crippen LogP contribution in [0, 0.1) is 0 Å². The number of halogens is 2. The summed E-state index contributed by atoms with van der Waals surface area (Å²) < 4.78 is 24.9. The lowest BCUT2D eigenvalue weighted by Crippen LogP contribution is -2.38. The van der Waals surface area contributed by atoms with Crippen LogP contribution in [0.4, 0.5) is 8.78 Å². The van der Waals surface area contributed by atoms with Gasteiger partial charge in [0.25, 0.3) is 6.43 Å². The molecule has 1 aromatic carbocycles. The van der Waals surface area contributed by atoms with Gasteiger partial charge >= 0.3 is 0 Å². The number of piperidine rings is 1. The van der Waals surface area contributed by atoms with E-state index in [1.165, 1.54) is 37.9 Å². The molecule has 0 bridgehead atoms. The van der Waals surface area contributed by atoms with Gasteiger partial charge in [-0.3, -0.25) is 0 Å². The van der Waals surface area contributed by atoms with E-state index in [0.29, 0.717) is 0 Å². The number of alkyl halides is 2. The van der Waals surface area contributed by atoms with Crippen molar-refractivity contribution >= 4 is 0 Å². The molecule has 1 aliphatic heterocycles. The molecule has 4 heteroatoms. The van der Waals surface area contributed by atoms with E-state index in [9.17, 15) is 8.78 Å². The minimum absolute atomic E-state index is 0.0952. The fourth-order valence-electron chi connectivity index (χ4n) is 2.91. The van der Waals surface area contributed by atoms with E-state index in [0.717, 1.165) is 37.7 Å². The standard InChI is InChI=1S/C17H26F2N2/c1-14-5-2-3-11-21(14)12-4-10-20-13-15-6-8-16(9-7-15)17(18)19/h6-9,14,17,20H,2-5,10-13H2,1H3. The second kappa shape index (κ2) is 8.44. The lowest BCUT2D eigenvalue weighted by molar-refractivity contribution is 0.151. The van der Waals surface area contributed by atoms with Gasteiger partial charge in [0.1, 0.15) is 0 Å². The van der Waals surface area contributed by atoms with Crippen LogP contribution in [0.15, 0.2) is 24.3 Å². The second-order valence-corrected chi connectivity index (χ2v) is 5.95. The Morgan fingerprint density at radius 3 is 2.67 bits per heavy atom. The predicted octanol–water partition coefficient (Wildman–Crippen LogP) is 3.98. The van der Waals surface area contributed by atoms with Gasteiger partial charge in [-0.1, -0.05) is 30.7 Å². The van der Waals surface area contributed by atoms with E-state index in [2.05, 4.69) is 17.1 Å². The molecule has 1 saturated heterocycles. The molecule has 1 atom stereocenters. The van der Waals surface area contributed by atoms with Crippen LogP contribution in [0.3, 0.4) is 0 Å². The van der Waals surface area contributed by atoms with E-state index in [1.807, 2.05) is 0 Å². The third-order valence-corrected chi connectivity index (χ3v) is 4.30. The Balaban J connectivity index is 1.61. The number of benzene rings is 1. The van der Waals surface area contributed by atoms with Gasteiger partial charge in [0.05, 0.1) is 0 Å². The third-order valence-electron chi connectivity index (χ3n) is 4.30. The van der Waals surface area contributed by atoms with Crippen molar-refractivity contribution in [2.45, 2.75) is 51.6 Å². The molecule has 2 rings (SSSR count). The molecule has 0 aromatic heterocycles. The highest BCUT2D eigenvalue weighted by Gasteiger charge is 2.16. The zero-order valence-corrected chi connectivity index (χ0v) is 12.8. The van der Waals surface area contributed by atoms with Crippen LogP contribution in [0.5, 0.6) is 0 Å². The van der Waals surface area contributed by atoms with E-state index in [-0.39, 0.29) is 5.56 Å². The molecule has 1 N–H and O–H groups in total. The van der Waals surface area contributed by atoms with Crippen molar-refractivity contribution in [3.05, 3.63) is 35.4 Å². The normalized spacial score (nSPS) is 20.1. The van der Waals surface area contributed by atoms with Crippen LogP contribution in [0.1, 0.15) is 50.2 Å². The molecular weight excluding hydrogens is 270 g/mol. The Kier molecular flexibility index (Phi) is 6.58. The molecule has 1 unspecified atom stereocenters. The van der Waals surface area contributed by atoms with Crippen molar-refractivity contribution in [1.29, 1.82) is 0 Å². The summed E-state index contributed by atoms with van der Waals surface area (Å²) in [4.78, 5) is 2.57. The molecule has 0 aliphatic carbocycles. The van der Waals surface area contributed by atoms with Gasteiger partial charge in [-0.15, -0.1) is 0 Å². The van der Waals surface area contributed by atoms with Crippen LogP contribution in [0.2, 0.25) is 0 Å². The molecule has 1 aliphatic rings. The first-order valence-electron chi connectivity index (χ1n) is 7.98. The summed E-state index contributed by atoms with van der Waals surface area (Å²) in [5.41, 5.74) is 1.16. The maximum Gasteiger partial charge on any atom is 0.263 e. The zero-order valence-electron chi connectivity index (χ0n) is 12.8. The summed E-state index contributed by atoms with van der Waals surface area (Å²) >= 11 is 0. The molecule has 2 nitrogen and oxygen atoms in total. The molecule has 0 saturated carbocycles. The van der Waals surface area contributed by atoms with Crippen LogP contribution in [-0.2, 0) is 6.54 Å². The van der Waals surface area contributed by atoms with E-state index >= 15 is 0 Å². The number of nitrogens with one attached hydrogen (secondary N) is 1. The van der Waals surface area contributed by atoms with Gasteiger partial charge < -0.3 is 10.2 Å². The summed E-state index contributed by atoms with van der Waals surface area (Å²) in [6.07, 6.45) is 2.78. The van der Waals surface area contributed by atoms with Gasteiger partial charge in [-0.2, -0.15) is 0 Å². The highest BCUT2D eigenvalue weighted by Crippen LogP contribution is 2.18. The maximum absolute atomic E-state index is 12.4. The van der Waals surface area contributed by atoms with Crippen molar-refractivity contribution in [3.63, 3.8) is 0 Å². The number of likely N-dealkylation sites (tertiary alicyclic amines) is 1. The molecular formula is C17H26F2N2. The minimum Gasteiger partial charge on any atom is -0.313 e. The largest absolute Gasteiger partial charge is 0.313 e. The van der Waals surface area contributed by atoms with Crippen molar-refractivity contribution in [3.8, 4) is 0 Å². The number of nitrogens with zero attached hydrogens (tertiary/aromatic N) is 1. The van der Waals surface area contributed by atoms with Crippen LogP contribution in [0.25, 0.3) is 0 Å². The van der Waals surface area contributed by atoms with E-state index in [4.69, 9.17) is 0 Å². The minimum atomic E-state index is -2.38. The topological polar surface area (TPSA) is 15.3 Å². The summed E-state index contributed by atoms with van der Waals surface area (Å²) in [7, 11) is 0. The van der Waals surface area contributed by atoms with Crippen molar-refractivity contribution in [2.24, 2.45) is 0 Å². The first kappa shape index (κ1) is 16.4. The van der Waals surface area contributed by atoms with Crippen molar-refractivity contribution < 1.29 is 8.78 Å². The molecule has 0 amide bonds. The van der Waals surface area contributed by atoms with Crippen molar-refractivity contribution in [1.82, 2.24) is 10.2 Å². The molecule has 1 fully saturated rings. The maximum atomic E-state index is 12.4. The van der Waals surface area contributed by atoms with Gasteiger partial charge in [-0.25, -0.2) is 8.78 Å². The Hall–Kier alpha value is -1.00. The fourth-order valence-corrected chi connectivity index (χ4v) is 2.91. The van der Waals surface area contributed by atoms with Gasteiger partial charge in [0.15, 0.2) is 0 Å². The van der Waals surface area contributed by atoms with Crippen LogP contribution >= 0.6 is 0 Å². The number of rotatable bonds is 7. The predicted molar refractivity (Wildman–Crippen MR) is 82.6 cm³/mol. The van der Waals surface area contributed by atoms with Gasteiger partial charge in [0.2, 0.25) is 0 Å². The average molecular weight is 296 g/mol. The Bertz CT molecular complexity index is 406. The van der Waals surface area contributed by atoms with Crippen LogP contribution in [-0.4, -0.2) is 30.6 Å². The van der Waals surface area contributed by atoms with Crippen LogP contribution < -0.4 is 5.32 Å². The SMILES string of the molecule is CC1CCCCN1CCCNCc1ccc(C(F)F)cc1. The zero-order chi connectivity index (χ0) is 15.1. The summed E-state index contributed by atoms with van der Waals surface area (Å²) in [5.74, 6) is 0. The highest BCUT2D eigenvalue weighted by atomic mass is 19.3.